The molecule has 0 unspecified atom stereocenters. The first-order valence-corrected chi connectivity index (χ1v) is 21.6. The SMILES string of the molecule is O=Cc1ccc(OP(=S)(Oc2ccc(P(c3ccccc3)c3ccccc3)cc2)Oc2ccc(P(c3ccccc3)c3ccccc3)cc2)cc1. The highest BCUT2D eigenvalue weighted by molar-refractivity contribution is 8.08. The highest BCUT2D eigenvalue weighted by Crippen LogP contribution is 2.50. The minimum Gasteiger partial charge on any atom is -0.407 e. The Morgan fingerprint density at radius 1 is 0.373 bits per heavy atom. The van der Waals surface area contributed by atoms with Gasteiger partial charge in [-0.15, -0.1) is 0 Å². The number of carbonyl (C=O) groups is 1. The highest BCUT2D eigenvalue weighted by atomic mass is 32.5. The van der Waals surface area contributed by atoms with E-state index in [1.165, 1.54) is 31.8 Å². The van der Waals surface area contributed by atoms with E-state index < -0.39 is 22.6 Å². The van der Waals surface area contributed by atoms with E-state index in [2.05, 4.69) is 121 Å². The molecule has 7 rings (SSSR count). The van der Waals surface area contributed by atoms with E-state index in [-0.39, 0.29) is 0 Å². The van der Waals surface area contributed by atoms with Gasteiger partial charge in [-0.25, -0.2) is 0 Å². The molecule has 0 bridgehead atoms. The van der Waals surface area contributed by atoms with Crippen LogP contribution in [0.25, 0.3) is 0 Å². The van der Waals surface area contributed by atoms with Crippen LogP contribution in [-0.2, 0) is 11.8 Å². The smallest absolute Gasteiger partial charge is 0.407 e. The van der Waals surface area contributed by atoms with E-state index in [1.54, 1.807) is 24.3 Å². The molecule has 7 aromatic rings. The molecule has 4 nitrogen and oxygen atoms in total. The molecule has 250 valence electrons. The zero-order chi connectivity index (χ0) is 34.9. The van der Waals surface area contributed by atoms with Gasteiger partial charge in [-0.2, -0.15) is 0 Å². The van der Waals surface area contributed by atoms with Crippen molar-refractivity contribution < 1.29 is 18.4 Å². The lowest BCUT2D eigenvalue weighted by Gasteiger charge is -2.24. The third-order valence-corrected chi connectivity index (χ3v) is 14.8. The maximum absolute atomic E-state index is 11.3. The molecule has 51 heavy (non-hydrogen) atoms. The Kier molecular flexibility index (Phi) is 11.1. The summed E-state index contributed by atoms with van der Waals surface area (Å²) in [4.78, 5) is 11.3. The number of hydrogen-bond acceptors (Lipinski definition) is 5. The topological polar surface area (TPSA) is 44.8 Å². The van der Waals surface area contributed by atoms with Crippen molar-refractivity contribution >= 4 is 72.5 Å². The quantitative estimate of drug-likeness (QED) is 0.0875. The number of carbonyl (C=O) groups excluding carboxylic acids is 1. The van der Waals surface area contributed by atoms with Crippen molar-refractivity contribution in [3.05, 3.63) is 200 Å². The van der Waals surface area contributed by atoms with Crippen LogP contribution >= 0.6 is 22.6 Å². The van der Waals surface area contributed by atoms with Gasteiger partial charge in [0.1, 0.15) is 23.5 Å². The zero-order valence-corrected chi connectivity index (χ0v) is 30.9. The van der Waals surface area contributed by atoms with Gasteiger partial charge in [0.15, 0.2) is 0 Å². The van der Waals surface area contributed by atoms with Gasteiger partial charge in [0.2, 0.25) is 0 Å². The van der Waals surface area contributed by atoms with Crippen LogP contribution in [-0.4, -0.2) is 6.29 Å². The normalized spacial score (nSPS) is 11.3. The molecule has 8 heteroatoms. The van der Waals surface area contributed by atoms with E-state index in [0.717, 1.165) is 6.29 Å². The van der Waals surface area contributed by atoms with Crippen LogP contribution < -0.4 is 45.4 Å². The van der Waals surface area contributed by atoms with Gasteiger partial charge in [-0.1, -0.05) is 146 Å². The third kappa shape index (κ3) is 8.71. The molecule has 0 aliphatic carbocycles. The Morgan fingerprint density at radius 2 is 0.627 bits per heavy atom. The van der Waals surface area contributed by atoms with Gasteiger partial charge in [0, 0.05) is 17.4 Å². The second kappa shape index (κ2) is 16.4. The second-order valence-corrected chi connectivity index (χ2v) is 18.6. The molecule has 0 fully saturated rings. The molecular formula is C43H33O4P3S. The lowest BCUT2D eigenvalue weighted by Crippen LogP contribution is -2.20. The van der Waals surface area contributed by atoms with E-state index in [4.69, 9.17) is 25.4 Å². The van der Waals surface area contributed by atoms with Gasteiger partial charge in [0.25, 0.3) is 0 Å². The fourth-order valence-corrected chi connectivity index (χ4v) is 12.2. The summed E-state index contributed by atoms with van der Waals surface area (Å²) in [6.07, 6.45) is 0.787. The fraction of sp³-hybridized carbons (Fsp3) is 0. The monoisotopic (exact) mass is 738 g/mol. The fourth-order valence-electron chi connectivity index (χ4n) is 5.57. The average Bonchev–Trinajstić information content (AvgIpc) is 3.18. The van der Waals surface area contributed by atoms with Crippen molar-refractivity contribution in [2.45, 2.75) is 0 Å². The molecule has 0 heterocycles. The summed E-state index contributed by atoms with van der Waals surface area (Å²) in [6.45, 7) is -3.46. The lowest BCUT2D eigenvalue weighted by atomic mass is 10.2. The van der Waals surface area contributed by atoms with Gasteiger partial charge < -0.3 is 13.6 Å². The maximum Gasteiger partial charge on any atom is 0.490 e. The summed E-state index contributed by atoms with van der Waals surface area (Å²) in [5.41, 5.74) is 0.533. The molecule has 0 spiro atoms. The van der Waals surface area contributed by atoms with Crippen molar-refractivity contribution in [2.24, 2.45) is 0 Å². The molecule has 7 aromatic carbocycles. The molecule has 0 aliphatic rings. The number of hydrogen-bond donors (Lipinski definition) is 0. The third-order valence-electron chi connectivity index (χ3n) is 7.92. The van der Waals surface area contributed by atoms with Gasteiger partial charge >= 0.3 is 6.72 Å². The van der Waals surface area contributed by atoms with Crippen LogP contribution in [0.2, 0.25) is 0 Å². The Balaban J connectivity index is 1.18. The summed E-state index contributed by atoms with van der Waals surface area (Å²) in [6, 6.07) is 65.0. The molecule has 0 aliphatic heterocycles. The summed E-state index contributed by atoms with van der Waals surface area (Å²) >= 11 is 6.07. The molecule has 0 amide bonds. The Morgan fingerprint density at radius 3 is 0.902 bits per heavy atom. The van der Waals surface area contributed by atoms with E-state index in [1.807, 2.05) is 48.5 Å². The summed E-state index contributed by atoms with van der Waals surface area (Å²) in [5, 5.41) is 7.39. The van der Waals surface area contributed by atoms with Gasteiger partial charge in [-0.05, 0) is 96.2 Å². The van der Waals surface area contributed by atoms with Crippen LogP contribution in [0.4, 0.5) is 0 Å². The summed E-state index contributed by atoms with van der Waals surface area (Å²) < 4.78 is 19.2. The highest BCUT2D eigenvalue weighted by Gasteiger charge is 2.28. The molecule has 0 radical (unpaired) electrons. The van der Waals surface area contributed by atoms with Crippen LogP contribution in [0.3, 0.4) is 0 Å². The first kappa shape index (κ1) is 34.6. The largest absolute Gasteiger partial charge is 0.490 e. The summed E-state index contributed by atoms with van der Waals surface area (Å²) in [7, 11) is -1.56. The Bertz CT molecular complexity index is 1990. The number of benzene rings is 7. The number of aldehydes is 1. The minimum absolute atomic E-state index is 0.450. The standard InChI is InChI=1S/C43H33O4P3S/c44-33-34-21-23-35(24-22-34)45-50(51,46-36-25-29-42(30-26-36)48(38-13-5-1-6-14-38)39-15-7-2-8-16-39)47-37-27-31-43(32-28-37)49(40-17-9-3-10-18-40)41-19-11-4-12-20-41/h1-33H. The minimum atomic E-state index is -3.46. The van der Waals surface area contributed by atoms with Gasteiger partial charge in [0.05, 0.1) is 0 Å². The Hall–Kier alpha value is -4.88. The number of rotatable bonds is 13. The van der Waals surface area contributed by atoms with Crippen LogP contribution in [0.15, 0.2) is 194 Å². The van der Waals surface area contributed by atoms with Crippen molar-refractivity contribution in [3.8, 4) is 17.2 Å². The molecule has 0 atom stereocenters. The predicted octanol–water partition coefficient (Wildman–Crippen LogP) is 8.78. The first-order valence-electron chi connectivity index (χ1n) is 16.3. The van der Waals surface area contributed by atoms with Crippen LogP contribution in [0, 0.1) is 0 Å². The summed E-state index contributed by atoms with van der Waals surface area (Å²) in [5.74, 6) is 1.53. The molecule has 0 saturated heterocycles. The average molecular weight is 739 g/mol. The van der Waals surface area contributed by atoms with Crippen molar-refractivity contribution in [3.63, 3.8) is 0 Å². The van der Waals surface area contributed by atoms with Crippen molar-refractivity contribution in [1.82, 2.24) is 0 Å². The van der Waals surface area contributed by atoms with Crippen LogP contribution in [0.5, 0.6) is 17.2 Å². The van der Waals surface area contributed by atoms with Crippen LogP contribution in [0.1, 0.15) is 10.4 Å². The van der Waals surface area contributed by atoms with E-state index >= 15 is 0 Å². The zero-order valence-electron chi connectivity index (χ0n) is 27.4. The van der Waals surface area contributed by atoms with Crippen molar-refractivity contribution in [1.29, 1.82) is 0 Å². The van der Waals surface area contributed by atoms with E-state index in [0.29, 0.717) is 22.8 Å². The Labute approximate surface area is 306 Å². The van der Waals surface area contributed by atoms with E-state index in [9.17, 15) is 4.79 Å². The lowest BCUT2D eigenvalue weighted by molar-refractivity contribution is 0.112. The molecule has 0 aromatic heterocycles. The van der Waals surface area contributed by atoms with Gasteiger partial charge in [-0.3, -0.25) is 4.79 Å². The first-order chi connectivity index (χ1) is 25.1. The van der Waals surface area contributed by atoms with Crippen molar-refractivity contribution in [2.75, 3.05) is 0 Å². The molecule has 0 saturated carbocycles. The molecule has 0 N–H and O–H groups in total. The maximum atomic E-state index is 11.3. The molecular weight excluding hydrogens is 705 g/mol. The predicted molar refractivity (Wildman–Crippen MR) is 218 cm³/mol. The second-order valence-electron chi connectivity index (χ2n) is 11.4.